The fraction of sp³-hybridized carbons (Fsp3) is 0.188. The fourth-order valence-electron chi connectivity index (χ4n) is 1.83. The number of carbonyl (C=O) groups is 1. The predicted octanol–water partition coefficient (Wildman–Crippen LogP) is 3.99. The van der Waals surface area contributed by atoms with Gasteiger partial charge in [0.05, 0.1) is 10.0 Å². The molecule has 0 aliphatic carbocycles. The van der Waals surface area contributed by atoms with Crippen molar-refractivity contribution in [1.82, 2.24) is 5.32 Å². The highest BCUT2D eigenvalue weighted by Crippen LogP contribution is 2.22. The zero-order valence-corrected chi connectivity index (χ0v) is 13.4. The minimum Gasteiger partial charge on any atom is -0.378 e. The van der Waals surface area contributed by atoms with Crippen molar-refractivity contribution in [3.05, 3.63) is 63.6 Å². The molecule has 21 heavy (non-hydrogen) atoms. The van der Waals surface area contributed by atoms with Crippen LogP contribution in [-0.2, 0) is 6.54 Å². The lowest BCUT2D eigenvalue weighted by atomic mass is 10.1. The molecule has 5 heteroatoms. The van der Waals surface area contributed by atoms with Crippen molar-refractivity contribution in [2.24, 2.45) is 0 Å². The van der Waals surface area contributed by atoms with Crippen molar-refractivity contribution < 1.29 is 4.79 Å². The van der Waals surface area contributed by atoms with Gasteiger partial charge >= 0.3 is 0 Å². The number of nitrogens with one attached hydrogen (secondary N) is 1. The van der Waals surface area contributed by atoms with Gasteiger partial charge in [0.15, 0.2) is 0 Å². The normalized spacial score (nSPS) is 10.3. The first-order chi connectivity index (χ1) is 9.97. The molecule has 1 N–H and O–H groups in total. The van der Waals surface area contributed by atoms with E-state index >= 15 is 0 Å². The quantitative estimate of drug-likeness (QED) is 0.923. The maximum Gasteiger partial charge on any atom is 0.251 e. The van der Waals surface area contributed by atoms with Crippen LogP contribution in [0.15, 0.2) is 42.5 Å². The first-order valence-electron chi connectivity index (χ1n) is 6.47. The van der Waals surface area contributed by atoms with Gasteiger partial charge in [-0.05, 0) is 35.9 Å². The van der Waals surface area contributed by atoms with Crippen LogP contribution in [0.25, 0.3) is 0 Å². The van der Waals surface area contributed by atoms with E-state index in [2.05, 4.69) is 5.32 Å². The molecule has 0 spiro atoms. The summed E-state index contributed by atoms with van der Waals surface area (Å²) in [7, 11) is 3.97. The Bertz CT molecular complexity index is 639. The van der Waals surface area contributed by atoms with Gasteiger partial charge in [-0.15, -0.1) is 0 Å². The summed E-state index contributed by atoms with van der Waals surface area (Å²) in [5.41, 5.74) is 2.65. The Morgan fingerprint density at radius 2 is 1.71 bits per heavy atom. The first-order valence-corrected chi connectivity index (χ1v) is 7.22. The van der Waals surface area contributed by atoms with E-state index in [0.717, 1.165) is 11.3 Å². The fourth-order valence-corrected chi connectivity index (χ4v) is 2.13. The minimum absolute atomic E-state index is 0.176. The van der Waals surface area contributed by atoms with E-state index < -0.39 is 0 Å². The van der Waals surface area contributed by atoms with Crippen molar-refractivity contribution in [2.75, 3.05) is 19.0 Å². The molecular formula is C16H16Cl2N2O. The molecule has 1 amide bonds. The summed E-state index contributed by atoms with van der Waals surface area (Å²) in [6, 6.07) is 12.8. The van der Waals surface area contributed by atoms with Gasteiger partial charge in [0.25, 0.3) is 5.91 Å². The van der Waals surface area contributed by atoms with Crippen LogP contribution in [-0.4, -0.2) is 20.0 Å². The number of rotatable bonds is 4. The molecule has 0 radical (unpaired) electrons. The van der Waals surface area contributed by atoms with Crippen molar-refractivity contribution in [2.45, 2.75) is 6.54 Å². The first kappa shape index (κ1) is 15.7. The standard InChI is InChI=1S/C16H16Cl2N2O/c1-20(2)13-6-3-11(4-7-13)10-19-16(21)12-5-8-14(17)15(18)9-12/h3-9H,10H2,1-2H3,(H,19,21). The van der Waals surface area contributed by atoms with Crippen LogP contribution in [0, 0.1) is 0 Å². The van der Waals surface area contributed by atoms with Crippen LogP contribution in [0.5, 0.6) is 0 Å². The maximum absolute atomic E-state index is 12.0. The zero-order valence-electron chi connectivity index (χ0n) is 11.9. The Balaban J connectivity index is 1.98. The number of nitrogens with zero attached hydrogens (tertiary/aromatic N) is 1. The van der Waals surface area contributed by atoms with Gasteiger partial charge in [-0.3, -0.25) is 4.79 Å². The van der Waals surface area contributed by atoms with Gasteiger partial charge < -0.3 is 10.2 Å². The Morgan fingerprint density at radius 3 is 2.29 bits per heavy atom. The van der Waals surface area contributed by atoms with Gasteiger partial charge in [0.1, 0.15) is 0 Å². The summed E-state index contributed by atoms with van der Waals surface area (Å²) in [5.74, 6) is -0.176. The number of amides is 1. The highest BCUT2D eigenvalue weighted by Gasteiger charge is 2.07. The van der Waals surface area contributed by atoms with Gasteiger partial charge in [-0.2, -0.15) is 0 Å². The molecule has 2 rings (SSSR count). The smallest absolute Gasteiger partial charge is 0.251 e. The van der Waals surface area contributed by atoms with Crippen molar-refractivity contribution in [3.63, 3.8) is 0 Å². The molecule has 0 saturated carbocycles. The third-order valence-corrected chi connectivity index (χ3v) is 3.83. The predicted molar refractivity (Wildman–Crippen MR) is 88.4 cm³/mol. The largest absolute Gasteiger partial charge is 0.378 e. The van der Waals surface area contributed by atoms with E-state index in [-0.39, 0.29) is 5.91 Å². The number of hydrogen-bond donors (Lipinski definition) is 1. The van der Waals surface area contributed by atoms with E-state index in [9.17, 15) is 4.79 Å². The molecule has 110 valence electrons. The molecule has 2 aromatic rings. The molecule has 0 aliphatic heterocycles. The molecular weight excluding hydrogens is 307 g/mol. The second kappa shape index (κ2) is 6.83. The summed E-state index contributed by atoms with van der Waals surface area (Å²) in [6.45, 7) is 0.465. The molecule has 0 heterocycles. The molecule has 3 nitrogen and oxygen atoms in total. The average molecular weight is 323 g/mol. The molecule has 0 saturated heterocycles. The summed E-state index contributed by atoms with van der Waals surface area (Å²) < 4.78 is 0. The third kappa shape index (κ3) is 4.13. The SMILES string of the molecule is CN(C)c1ccc(CNC(=O)c2ccc(Cl)c(Cl)c2)cc1. The number of benzene rings is 2. The van der Waals surface area contributed by atoms with Crippen molar-refractivity contribution in [3.8, 4) is 0 Å². The lowest BCUT2D eigenvalue weighted by Crippen LogP contribution is -2.22. The summed E-state index contributed by atoms with van der Waals surface area (Å²) in [6.07, 6.45) is 0. The highest BCUT2D eigenvalue weighted by atomic mass is 35.5. The second-order valence-corrected chi connectivity index (χ2v) is 5.69. The molecule has 0 bridgehead atoms. The van der Waals surface area contributed by atoms with Gasteiger partial charge in [0, 0.05) is 31.9 Å². The molecule has 0 unspecified atom stereocenters. The Morgan fingerprint density at radius 1 is 1.05 bits per heavy atom. The van der Waals surface area contributed by atoms with E-state index in [0.29, 0.717) is 22.2 Å². The van der Waals surface area contributed by atoms with E-state index in [1.54, 1.807) is 18.2 Å². The number of anilines is 1. The molecule has 0 fully saturated rings. The van der Waals surface area contributed by atoms with Crippen LogP contribution in [0.3, 0.4) is 0 Å². The molecule has 2 aromatic carbocycles. The molecule has 0 aromatic heterocycles. The Kier molecular flexibility index (Phi) is 5.10. The second-order valence-electron chi connectivity index (χ2n) is 4.87. The number of halogens is 2. The third-order valence-electron chi connectivity index (χ3n) is 3.09. The molecule has 0 atom stereocenters. The van der Waals surface area contributed by atoms with Gasteiger partial charge in [-0.25, -0.2) is 0 Å². The van der Waals surface area contributed by atoms with Gasteiger partial charge in [0.2, 0.25) is 0 Å². The van der Waals surface area contributed by atoms with Crippen LogP contribution in [0.1, 0.15) is 15.9 Å². The summed E-state index contributed by atoms with van der Waals surface area (Å²) in [5, 5.41) is 3.67. The van der Waals surface area contributed by atoms with E-state index in [4.69, 9.17) is 23.2 Å². The van der Waals surface area contributed by atoms with Crippen LogP contribution < -0.4 is 10.2 Å². The van der Waals surface area contributed by atoms with E-state index in [1.165, 1.54) is 0 Å². The van der Waals surface area contributed by atoms with Crippen LogP contribution in [0.2, 0.25) is 10.0 Å². The van der Waals surface area contributed by atoms with Gasteiger partial charge in [-0.1, -0.05) is 35.3 Å². The lowest BCUT2D eigenvalue weighted by molar-refractivity contribution is 0.0951. The minimum atomic E-state index is -0.176. The highest BCUT2D eigenvalue weighted by molar-refractivity contribution is 6.42. The number of carbonyl (C=O) groups excluding carboxylic acids is 1. The number of hydrogen-bond acceptors (Lipinski definition) is 2. The van der Waals surface area contributed by atoms with E-state index in [1.807, 2.05) is 43.3 Å². The van der Waals surface area contributed by atoms with Crippen molar-refractivity contribution >= 4 is 34.8 Å². The summed E-state index contributed by atoms with van der Waals surface area (Å²) in [4.78, 5) is 14.1. The lowest BCUT2D eigenvalue weighted by Gasteiger charge is -2.13. The van der Waals surface area contributed by atoms with Crippen LogP contribution >= 0.6 is 23.2 Å². The average Bonchev–Trinajstić information content (AvgIpc) is 2.48. The Hall–Kier alpha value is -1.71. The summed E-state index contributed by atoms with van der Waals surface area (Å²) >= 11 is 11.7. The Labute approximate surface area is 134 Å². The maximum atomic E-state index is 12.0. The monoisotopic (exact) mass is 322 g/mol. The topological polar surface area (TPSA) is 32.3 Å². The molecule has 0 aliphatic rings. The zero-order chi connectivity index (χ0) is 15.4. The van der Waals surface area contributed by atoms with Crippen molar-refractivity contribution in [1.29, 1.82) is 0 Å². The van der Waals surface area contributed by atoms with Crippen LogP contribution in [0.4, 0.5) is 5.69 Å².